The van der Waals surface area contributed by atoms with Crippen LogP contribution in [0.1, 0.15) is 55.8 Å². The van der Waals surface area contributed by atoms with Crippen molar-refractivity contribution in [2.45, 2.75) is 57.5 Å². The van der Waals surface area contributed by atoms with Crippen LogP contribution in [0.4, 0.5) is 0 Å². The van der Waals surface area contributed by atoms with Gasteiger partial charge < -0.3 is 14.7 Å². The Balaban J connectivity index is 1.34. The van der Waals surface area contributed by atoms with Gasteiger partial charge in [0.15, 0.2) is 0 Å². The van der Waals surface area contributed by atoms with Gasteiger partial charge in [0.25, 0.3) is 5.91 Å². The smallest absolute Gasteiger partial charge is 0.253 e. The van der Waals surface area contributed by atoms with Gasteiger partial charge in [-0.15, -0.1) is 0 Å². The molecule has 0 atom stereocenters. The molecule has 2 amide bonds. The van der Waals surface area contributed by atoms with Crippen molar-refractivity contribution in [1.29, 1.82) is 0 Å². The number of carbonyl (C=O) groups excluding carboxylic acids is 2. The summed E-state index contributed by atoms with van der Waals surface area (Å²) in [5.41, 5.74) is 0.722. The van der Waals surface area contributed by atoms with Crippen molar-refractivity contribution in [3.63, 3.8) is 0 Å². The summed E-state index contributed by atoms with van der Waals surface area (Å²) in [5, 5.41) is 0. The van der Waals surface area contributed by atoms with E-state index >= 15 is 0 Å². The highest BCUT2D eigenvalue weighted by molar-refractivity contribution is 9.10. The van der Waals surface area contributed by atoms with Crippen molar-refractivity contribution in [3.8, 4) is 0 Å². The van der Waals surface area contributed by atoms with Gasteiger partial charge in [0.05, 0.1) is 0 Å². The summed E-state index contributed by atoms with van der Waals surface area (Å²) in [6.07, 6.45) is 6.13. The van der Waals surface area contributed by atoms with Crippen LogP contribution in [-0.4, -0.2) is 71.3 Å². The normalized spacial score (nSPS) is 21.9. The van der Waals surface area contributed by atoms with Crippen LogP contribution in [0.3, 0.4) is 0 Å². The third-order valence-corrected chi connectivity index (χ3v) is 7.34. The van der Waals surface area contributed by atoms with Crippen molar-refractivity contribution in [1.82, 2.24) is 14.7 Å². The third kappa shape index (κ3) is 4.85. The SMILES string of the molecule is CCN1CCC(N(C(=O)C2CCN(C(=O)c3ccc(Br)cc3)CC2)C2CC2)CC1. The monoisotopic (exact) mass is 461 g/mol. The Bertz CT molecular complexity index is 718. The first-order chi connectivity index (χ1) is 14.1. The summed E-state index contributed by atoms with van der Waals surface area (Å²) < 4.78 is 0.975. The van der Waals surface area contributed by atoms with Gasteiger partial charge in [-0.3, -0.25) is 9.59 Å². The van der Waals surface area contributed by atoms with Crippen LogP contribution >= 0.6 is 15.9 Å². The summed E-state index contributed by atoms with van der Waals surface area (Å²) >= 11 is 3.41. The number of nitrogens with zero attached hydrogens (tertiary/aromatic N) is 3. The molecule has 2 saturated heterocycles. The van der Waals surface area contributed by atoms with E-state index in [0.717, 1.165) is 55.4 Å². The quantitative estimate of drug-likeness (QED) is 0.669. The number of rotatable bonds is 5. The molecule has 0 unspecified atom stereocenters. The molecule has 3 aliphatic rings. The van der Waals surface area contributed by atoms with Crippen LogP contribution in [0.5, 0.6) is 0 Å². The topological polar surface area (TPSA) is 43.9 Å². The first-order valence-corrected chi connectivity index (χ1v) is 12.0. The fraction of sp³-hybridized carbons (Fsp3) is 0.652. The lowest BCUT2D eigenvalue weighted by molar-refractivity contribution is -0.141. The van der Waals surface area contributed by atoms with Gasteiger partial charge in [-0.1, -0.05) is 22.9 Å². The van der Waals surface area contributed by atoms with Crippen LogP contribution in [0.2, 0.25) is 0 Å². The largest absolute Gasteiger partial charge is 0.339 e. The molecular weight excluding hydrogens is 430 g/mol. The van der Waals surface area contributed by atoms with Crippen molar-refractivity contribution >= 4 is 27.7 Å². The van der Waals surface area contributed by atoms with Gasteiger partial charge in [-0.25, -0.2) is 0 Å². The van der Waals surface area contributed by atoms with Gasteiger partial charge in [0, 0.05) is 54.2 Å². The van der Waals surface area contributed by atoms with E-state index in [1.54, 1.807) is 0 Å². The van der Waals surface area contributed by atoms with E-state index in [2.05, 4.69) is 32.7 Å². The van der Waals surface area contributed by atoms with E-state index in [-0.39, 0.29) is 11.8 Å². The molecule has 0 radical (unpaired) electrons. The second-order valence-corrected chi connectivity index (χ2v) is 9.63. The second-order valence-electron chi connectivity index (χ2n) is 8.72. The maximum atomic E-state index is 13.4. The Morgan fingerprint density at radius 2 is 1.52 bits per heavy atom. The number of benzene rings is 1. The Labute approximate surface area is 182 Å². The maximum Gasteiger partial charge on any atom is 0.253 e. The van der Waals surface area contributed by atoms with Gasteiger partial charge in [-0.2, -0.15) is 0 Å². The predicted molar refractivity (Wildman–Crippen MR) is 118 cm³/mol. The summed E-state index contributed by atoms with van der Waals surface area (Å²) in [6.45, 7) is 6.90. The highest BCUT2D eigenvalue weighted by atomic mass is 79.9. The molecule has 6 heteroatoms. The van der Waals surface area contributed by atoms with Gasteiger partial charge in [0.2, 0.25) is 5.91 Å². The molecular formula is C23H32BrN3O2. The number of amides is 2. The van der Waals surface area contributed by atoms with Crippen LogP contribution in [0.15, 0.2) is 28.7 Å². The zero-order valence-corrected chi connectivity index (χ0v) is 18.9. The molecule has 29 heavy (non-hydrogen) atoms. The third-order valence-electron chi connectivity index (χ3n) is 6.82. The van der Waals surface area contributed by atoms with Crippen molar-refractivity contribution in [2.24, 2.45) is 5.92 Å². The lowest BCUT2D eigenvalue weighted by Gasteiger charge is -2.41. The Morgan fingerprint density at radius 3 is 2.07 bits per heavy atom. The minimum absolute atomic E-state index is 0.0776. The molecule has 5 nitrogen and oxygen atoms in total. The molecule has 1 aliphatic carbocycles. The zero-order valence-electron chi connectivity index (χ0n) is 17.4. The van der Waals surface area contributed by atoms with Crippen molar-refractivity contribution in [3.05, 3.63) is 34.3 Å². The van der Waals surface area contributed by atoms with Crippen LogP contribution in [0.25, 0.3) is 0 Å². The molecule has 1 aromatic rings. The Morgan fingerprint density at radius 1 is 0.931 bits per heavy atom. The van der Waals surface area contributed by atoms with E-state index in [1.807, 2.05) is 29.2 Å². The van der Waals surface area contributed by atoms with Gasteiger partial charge >= 0.3 is 0 Å². The lowest BCUT2D eigenvalue weighted by atomic mass is 9.92. The minimum Gasteiger partial charge on any atom is -0.339 e. The molecule has 0 spiro atoms. The van der Waals surface area contributed by atoms with E-state index in [1.165, 1.54) is 12.8 Å². The number of piperidine rings is 2. The molecule has 3 fully saturated rings. The summed E-state index contributed by atoms with van der Waals surface area (Å²) in [4.78, 5) is 32.8. The Kier molecular flexibility index (Phi) is 6.60. The number of hydrogen-bond acceptors (Lipinski definition) is 3. The number of carbonyl (C=O) groups is 2. The second kappa shape index (κ2) is 9.17. The highest BCUT2D eigenvalue weighted by Gasteiger charge is 2.41. The molecule has 1 saturated carbocycles. The molecule has 158 valence electrons. The van der Waals surface area contributed by atoms with Crippen molar-refractivity contribution < 1.29 is 9.59 Å². The first-order valence-electron chi connectivity index (χ1n) is 11.2. The number of likely N-dealkylation sites (tertiary alicyclic amines) is 2. The average molecular weight is 462 g/mol. The molecule has 4 rings (SSSR count). The highest BCUT2D eigenvalue weighted by Crippen LogP contribution is 2.35. The molecule has 0 N–H and O–H groups in total. The Hall–Kier alpha value is -1.40. The standard InChI is InChI=1S/C23H32BrN3O2/c1-2-25-13-11-21(12-14-25)27(20-7-8-20)23(29)18-9-15-26(16-10-18)22(28)17-3-5-19(24)6-4-17/h3-6,18,20-21H,2,7-16H2,1H3. The molecule has 0 bridgehead atoms. The predicted octanol–water partition coefficient (Wildman–Crippen LogP) is 3.78. The van der Waals surface area contributed by atoms with E-state index in [0.29, 0.717) is 31.1 Å². The van der Waals surface area contributed by atoms with Gasteiger partial charge in [0.1, 0.15) is 0 Å². The van der Waals surface area contributed by atoms with E-state index < -0.39 is 0 Å². The summed E-state index contributed by atoms with van der Waals surface area (Å²) in [6, 6.07) is 8.42. The number of hydrogen-bond donors (Lipinski definition) is 0. The molecule has 1 aromatic carbocycles. The molecule has 0 aromatic heterocycles. The van der Waals surface area contributed by atoms with Crippen LogP contribution in [0, 0.1) is 5.92 Å². The van der Waals surface area contributed by atoms with Crippen molar-refractivity contribution in [2.75, 3.05) is 32.7 Å². The van der Waals surface area contributed by atoms with Crippen LogP contribution in [-0.2, 0) is 4.79 Å². The molecule has 2 aliphatic heterocycles. The number of halogens is 1. The fourth-order valence-corrected chi connectivity index (χ4v) is 5.10. The van der Waals surface area contributed by atoms with Gasteiger partial charge in [-0.05, 0) is 69.3 Å². The fourth-order valence-electron chi connectivity index (χ4n) is 4.84. The lowest BCUT2D eigenvalue weighted by Crippen LogP contribution is -2.51. The summed E-state index contributed by atoms with van der Waals surface area (Å²) in [5.74, 6) is 0.515. The molecule has 2 heterocycles. The van der Waals surface area contributed by atoms with Crippen LogP contribution < -0.4 is 0 Å². The van der Waals surface area contributed by atoms with E-state index in [4.69, 9.17) is 0 Å². The zero-order chi connectivity index (χ0) is 20.4. The average Bonchev–Trinajstić information content (AvgIpc) is 3.59. The first kappa shape index (κ1) is 20.9. The summed E-state index contributed by atoms with van der Waals surface area (Å²) in [7, 11) is 0. The van der Waals surface area contributed by atoms with E-state index in [9.17, 15) is 9.59 Å². The maximum absolute atomic E-state index is 13.4. The minimum atomic E-state index is 0.0776.